The number of carbonyl (C=O) groups is 3. The van der Waals surface area contributed by atoms with E-state index in [0.717, 1.165) is 12.3 Å². The van der Waals surface area contributed by atoms with Gasteiger partial charge in [-0.1, -0.05) is 6.42 Å². The van der Waals surface area contributed by atoms with Gasteiger partial charge in [0.1, 0.15) is 0 Å². The molecule has 0 aromatic carbocycles. The van der Waals surface area contributed by atoms with Crippen molar-refractivity contribution in [1.29, 1.82) is 0 Å². The van der Waals surface area contributed by atoms with E-state index < -0.39 is 18.5 Å². The molecule has 2 aliphatic rings. The van der Waals surface area contributed by atoms with E-state index in [2.05, 4.69) is 5.32 Å². The van der Waals surface area contributed by atoms with Crippen LogP contribution in [0.4, 0.5) is 4.79 Å². The Morgan fingerprint density at radius 1 is 1.21 bits per heavy atom. The van der Waals surface area contributed by atoms with E-state index in [1.165, 1.54) is 26.3 Å². The van der Waals surface area contributed by atoms with E-state index in [9.17, 15) is 14.4 Å². The normalized spacial score (nSPS) is 27.9. The number of amides is 3. The summed E-state index contributed by atoms with van der Waals surface area (Å²) in [6.45, 7) is -0.396. The van der Waals surface area contributed by atoms with E-state index >= 15 is 0 Å². The molecule has 19 heavy (non-hydrogen) atoms. The Labute approximate surface area is 112 Å². The maximum Gasteiger partial charge on any atom is 0.321 e. The highest BCUT2D eigenvalue weighted by Gasteiger charge is 2.40. The van der Waals surface area contributed by atoms with Crippen molar-refractivity contribution in [3.8, 4) is 0 Å². The van der Waals surface area contributed by atoms with Crippen molar-refractivity contribution in [1.82, 2.24) is 10.6 Å². The zero-order chi connectivity index (χ0) is 13.8. The third-order valence-electron chi connectivity index (χ3n) is 4.16. The molecule has 0 aliphatic heterocycles. The molecule has 2 aliphatic carbocycles. The molecule has 3 unspecified atom stereocenters. The molecule has 0 aromatic rings. The first-order valence-electron chi connectivity index (χ1n) is 6.75. The van der Waals surface area contributed by atoms with E-state index in [-0.39, 0.29) is 5.97 Å². The number of rotatable bonds is 4. The average Bonchev–Trinajstić information content (AvgIpc) is 2.98. The molecule has 2 rings (SSSR count). The predicted molar refractivity (Wildman–Crippen MR) is 67.1 cm³/mol. The van der Waals surface area contributed by atoms with Gasteiger partial charge in [-0.15, -0.1) is 0 Å². The molecular formula is C13H20N2O4. The van der Waals surface area contributed by atoms with Crippen molar-refractivity contribution in [3.05, 3.63) is 0 Å². The fourth-order valence-electron chi connectivity index (χ4n) is 3.27. The van der Waals surface area contributed by atoms with Gasteiger partial charge < -0.3 is 10.1 Å². The molecule has 2 fully saturated rings. The summed E-state index contributed by atoms with van der Waals surface area (Å²) in [6, 6.07) is -0.603. The second-order valence-corrected chi connectivity index (χ2v) is 5.43. The Kier molecular flexibility index (Phi) is 4.39. The number of esters is 1. The minimum absolute atomic E-state index is 0.343. The Morgan fingerprint density at radius 3 is 2.58 bits per heavy atom. The van der Waals surface area contributed by atoms with Gasteiger partial charge in [-0.2, -0.15) is 0 Å². The van der Waals surface area contributed by atoms with E-state index in [0.29, 0.717) is 18.3 Å². The predicted octanol–water partition coefficient (Wildman–Crippen LogP) is 0.811. The Morgan fingerprint density at radius 2 is 2.00 bits per heavy atom. The van der Waals surface area contributed by atoms with Gasteiger partial charge in [0, 0.05) is 13.5 Å². The average molecular weight is 268 g/mol. The van der Waals surface area contributed by atoms with Crippen LogP contribution in [0.1, 0.15) is 32.1 Å². The summed E-state index contributed by atoms with van der Waals surface area (Å²) >= 11 is 0. The van der Waals surface area contributed by atoms with E-state index in [4.69, 9.17) is 4.74 Å². The topological polar surface area (TPSA) is 84.5 Å². The van der Waals surface area contributed by atoms with Crippen LogP contribution in [-0.4, -0.2) is 31.6 Å². The van der Waals surface area contributed by atoms with Gasteiger partial charge in [-0.05, 0) is 37.0 Å². The fraction of sp³-hybridized carbons (Fsp3) is 0.769. The molecule has 2 N–H and O–H groups in total. The standard InChI is InChI=1S/C13H20N2O4/c1-14-13(18)15-11(16)7-19-12(17)6-10-5-8-2-3-9(10)4-8/h8-10H,2-7H2,1H3,(H2,14,15,16,18). The molecule has 106 valence electrons. The van der Waals surface area contributed by atoms with Gasteiger partial charge in [-0.3, -0.25) is 14.9 Å². The van der Waals surface area contributed by atoms with Gasteiger partial charge in [0.25, 0.3) is 5.91 Å². The summed E-state index contributed by atoms with van der Waals surface area (Å²) < 4.78 is 4.89. The summed E-state index contributed by atoms with van der Waals surface area (Å²) in [5, 5.41) is 4.29. The lowest BCUT2D eigenvalue weighted by Gasteiger charge is -2.20. The van der Waals surface area contributed by atoms with Crippen molar-refractivity contribution in [2.24, 2.45) is 17.8 Å². The summed E-state index contributed by atoms with van der Waals surface area (Å²) in [6.07, 6.45) is 5.28. The summed E-state index contributed by atoms with van der Waals surface area (Å²) in [5.74, 6) is 0.926. The number of nitrogens with one attached hydrogen (secondary N) is 2. The number of fused-ring (bicyclic) bond motifs is 2. The maximum absolute atomic E-state index is 11.6. The van der Waals surface area contributed by atoms with Crippen molar-refractivity contribution in [2.75, 3.05) is 13.7 Å². The summed E-state index contributed by atoms with van der Waals surface area (Å²) in [7, 11) is 1.41. The van der Waals surface area contributed by atoms with Crippen molar-refractivity contribution < 1.29 is 19.1 Å². The zero-order valence-corrected chi connectivity index (χ0v) is 11.1. The van der Waals surface area contributed by atoms with Crippen LogP contribution >= 0.6 is 0 Å². The zero-order valence-electron chi connectivity index (χ0n) is 11.1. The quantitative estimate of drug-likeness (QED) is 0.739. The van der Waals surface area contributed by atoms with Crippen LogP contribution in [0, 0.1) is 17.8 Å². The second-order valence-electron chi connectivity index (χ2n) is 5.43. The highest BCUT2D eigenvalue weighted by molar-refractivity contribution is 5.95. The monoisotopic (exact) mass is 268 g/mol. The maximum atomic E-state index is 11.6. The fourth-order valence-corrected chi connectivity index (χ4v) is 3.27. The van der Waals surface area contributed by atoms with Crippen LogP contribution in [0.15, 0.2) is 0 Å². The first-order valence-corrected chi connectivity index (χ1v) is 6.75. The minimum atomic E-state index is -0.611. The van der Waals surface area contributed by atoms with Crippen molar-refractivity contribution in [3.63, 3.8) is 0 Å². The first kappa shape index (κ1) is 13.8. The lowest BCUT2D eigenvalue weighted by molar-refractivity contribution is -0.149. The van der Waals surface area contributed by atoms with Crippen molar-refractivity contribution >= 4 is 17.9 Å². The van der Waals surface area contributed by atoms with Crippen LogP contribution < -0.4 is 10.6 Å². The number of imide groups is 1. The Bertz CT molecular complexity index is 383. The van der Waals surface area contributed by atoms with Crippen LogP contribution in [-0.2, 0) is 14.3 Å². The Balaban J connectivity index is 1.65. The number of hydrogen-bond acceptors (Lipinski definition) is 4. The molecule has 2 bridgehead atoms. The number of urea groups is 1. The van der Waals surface area contributed by atoms with Crippen LogP contribution in [0.3, 0.4) is 0 Å². The van der Waals surface area contributed by atoms with Crippen LogP contribution in [0.25, 0.3) is 0 Å². The van der Waals surface area contributed by atoms with Gasteiger partial charge in [0.2, 0.25) is 0 Å². The lowest BCUT2D eigenvalue weighted by atomic mass is 9.86. The molecule has 0 heterocycles. The molecule has 0 radical (unpaired) electrons. The van der Waals surface area contributed by atoms with Gasteiger partial charge in [-0.25, -0.2) is 4.79 Å². The second kappa shape index (κ2) is 6.04. The highest BCUT2D eigenvalue weighted by Crippen LogP contribution is 2.49. The largest absolute Gasteiger partial charge is 0.456 e. The lowest BCUT2D eigenvalue weighted by Crippen LogP contribution is -2.39. The number of carbonyl (C=O) groups excluding carboxylic acids is 3. The minimum Gasteiger partial charge on any atom is -0.456 e. The van der Waals surface area contributed by atoms with Gasteiger partial charge >= 0.3 is 12.0 Å². The summed E-state index contributed by atoms with van der Waals surface area (Å²) in [5.41, 5.74) is 0. The number of hydrogen-bond donors (Lipinski definition) is 2. The Hall–Kier alpha value is -1.59. The number of ether oxygens (including phenoxy) is 1. The van der Waals surface area contributed by atoms with Gasteiger partial charge in [0.05, 0.1) is 0 Å². The molecule has 0 saturated heterocycles. The third kappa shape index (κ3) is 3.68. The van der Waals surface area contributed by atoms with E-state index in [1.54, 1.807) is 0 Å². The first-order chi connectivity index (χ1) is 9.08. The van der Waals surface area contributed by atoms with E-state index in [1.807, 2.05) is 5.32 Å². The molecule has 3 amide bonds. The third-order valence-corrected chi connectivity index (χ3v) is 4.16. The molecule has 2 saturated carbocycles. The highest BCUT2D eigenvalue weighted by atomic mass is 16.5. The summed E-state index contributed by atoms with van der Waals surface area (Å²) in [4.78, 5) is 33.7. The SMILES string of the molecule is CNC(=O)NC(=O)COC(=O)CC1CC2CCC1C2. The van der Waals surface area contributed by atoms with Crippen LogP contribution in [0.2, 0.25) is 0 Å². The van der Waals surface area contributed by atoms with Gasteiger partial charge in [0.15, 0.2) is 6.61 Å². The molecule has 0 aromatic heterocycles. The molecule has 3 atom stereocenters. The molecule has 6 heteroatoms. The van der Waals surface area contributed by atoms with Crippen LogP contribution in [0.5, 0.6) is 0 Å². The van der Waals surface area contributed by atoms with Crippen molar-refractivity contribution in [2.45, 2.75) is 32.1 Å². The molecular weight excluding hydrogens is 248 g/mol. The molecule has 6 nitrogen and oxygen atoms in total. The smallest absolute Gasteiger partial charge is 0.321 e. The molecule has 0 spiro atoms.